The van der Waals surface area contributed by atoms with E-state index in [2.05, 4.69) is 27.9 Å². The summed E-state index contributed by atoms with van der Waals surface area (Å²) >= 11 is 8.12. The first-order chi connectivity index (χ1) is 8.61. The third kappa shape index (κ3) is 4.21. The van der Waals surface area contributed by atoms with Crippen molar-refractivity contribution in [3.8, 4) is 0 Å². The van der Waals surface area contributed by atoms with Gasteiger partial charge in [-0.15, -0.1) is 12.4 Å². The average molecular weight is 415 g/mol. The van der Waals surface area contributed by atoms with Gasteiger partial charge in [0.05, 0.1) is 5.02 Å². The van der Waals surface area contributed by atoms with Gasteiger partial charge in [0.2, 0.25) is 0 Å². The van der Waals surface area contributed by atoms with E-state index < -0.39 is 0 Å². The SMILES string of the molecule is CNC1CCN(C(=O)c2ccc(Cl)c(I)c2)CC1.Cl. The minimum Gasteiger partial charge on any atom is -0.339 e. The third-order valence-corrected chi connectivity index (χ3v) is 4.90. The van der Waals surface area contributed by atoms with E-state index in [1.807, 2.05) is 18.0 Å². The van der Waals surface area contributed by atoms with Crippen molar-refractivity contribution in [2.75, 3.05) is 20.1 Å². The molecule has 19 heavy (non-hydrogen) atoms. The summed E-state index contributed by atoms with van der Waals surface area (Å²) in [6.07, 6.45) is 2.04. The van der Waals surface area contributed by atoms with E-state index in [9.17, 15) is 4.79 Å². The van der Waals surface area contributed by atoms with Crippen LogP contribution in [0.4, 0.5) is 0 Å². The summed E-state index contributed by atoms with van der Waals surface area (Å²) in [6.45, 7) is 1.65. The zero-order valence-corrected chi connectivity index (χ0v) is 14.4. The molecule has 0 atom stereocenters. The Hall–Kier alpha value is -0.0400. The molecule has 1 aromatic carbocycles. The molecule has 1 N–H and O–H groups in total. The van der Waals surface area contributed by atoms with Crippen molar-refractivity contribution in [2.24, 2.45) is 0 Å². The molecule has 0 aromatic heterocycles. The van der Waals surface area contributed by atoms with Gasteiger partial charge >= 0.3 is 0 Å². The smallest absolute Gasteiger partial charge is 0.253 e. The van der Waals surface area contributed by atoms with Crippen LogP contribution in [0.5, 0.6) is 0 Å². The normalized spacial score (nSPS) is 16.1. The van der Waals surface area contributed by atoms with E-state index in [1.54, 1.807) is 12.1 Å². The third-order valence-electron chi connectivity index (χ3n) is 3.36. The second kappa shape index (κ2) is 7.67. The lowest BCUT2D eigenvalue weighted by Gasteiger charge is -2.31. The van der Waals surface area contributed by atoms with Crippen molar-refractivity contribution in [2.45, 2.75) is 18.9 Å². The Morgan fingerprint density at radius 3 is 2.58 bits per heavy atom. The molecule has 1 aliphatic rings. The van der Waals surface area contributed by atoms with Crippen molar-refractivity contribution < 1.29 is 4.79 Å². The topological polar surface area (TPSA) is 32.3 Å². The van der Waals surface area contributed by atoms with E-state index in [4.69, 9.17) is 11.6 Å². The summed E-state index contributed by atoms with van der Waals surface area (Å²) in [6, 6.07) is 5.99. The second-order valence-electron chi connectivity index (χ2n) is 4.48. The summed E-state index contributed by atoms with van der Waals surface area (Å²) in [5.74, 6) is 0.110. The van der Waals surface area contributed by atoms with Crippen LogP contribution < -0.4 is 5.32 Å². The number of carbonyl (C=O) groups is 1. The van der Waals surface area contributed by atoms with Crippen molar-refractivity contribution in [1.82, 2.24) is 10.2 Å². The highest BCUT2D eigenvalue weighted by atomic mass is 127. The molecule has 1 aromatic rings. The van der Waals surface area contributed by atoms with Gasteiger partial charge in [-0.05, 0) is 60.7 Å². The molecule has 1 aliphatic heterocycles. The van der Waals surface area contributed by atoms with Crippen molar-refractivity contribution in [1.29, 1.82) is 0 Å². The van der Waals surface area contributed by atoms with Crippen LogP contribution in [0.15, 0.2) is 18.2 Å². The second-order valence-corrected chi connectivity index (χ2v) is 6.05. The van der Waals surface area contributed by atoms with Crippen LogP contribution in [-0.4, -0.2) is 37.0 Å². The quantitative estimate of drug-likeness (QED) is 0.753. The molecule has 0 aliphatic carbocycles. The van der Waals surface area contributed by atoms with Crippen LogP contribution in [0.25, 0.3) is 0 Å². The standard InChI is InChI=1S/C13H16ClIN2O.ClH/c1-16-10-4-6-17(7-5-10)13(18)9-2-3-11(14)12(15)8-9;/h2-3,8,10,16H,4-7H2,1H3;1H. The molecular formula is C13H17Cl2IN2O. The number of carbonyl (C=O) groups excluding carboxylic acids is 1. The molecule has 1 saturated heterocycles. The maximum absolute atomic E-state index is 12.3. The molecule has 0 bridgehead atoms. The number of amides is 1. The number of hydrogen-bond donors (Lipinski definition) is 1. The van der Waals surface area contributed by atoms with Crippen LogP contribution in [0.1, 0.15) is 23.2 Å². The molecule has 1 fully saturated rings. The molecule has 0 spiro atoms. The monoisotopic (exact) mass is 414 g/mol. The molecular weight excluding hydrogens is 398 g/mol. The molecule has 3 nitrogen and oxygen atoms in total. The van der Waals surface area contributed by atoms with Crippen LogP contribution in [-0.2, 0) is 0 Å². The number of halogens is 3. The van der Waals surface area contributed by atoms with Gasteiger partial charge in [-0.3, -0.25) is 4.79 Å². The van der Waals surface area contributed by atoms with Crippen LogP contribution >= 0.6 is 46.6 Å². The molecule has 1 heterocycles. The Morgan fingerprint density at radius 2 is 2.05 bits per heavy atom. The highest BCUT2D eigenvalue weighted by molar-refractivity contribution is 14.1. The maximum atomic E-state index is 12.3. The summed E-state index contributed by atoms with van der Waals surface area (Å²) in [4.78, 5) is 14.2. The van der Waals surface area contributed by atoms with Gasteiger partial charge in [-0.1, -0.05) is 11.6 Å². The first-order valence-corrected chi connectivity index (χ1v) is 7.49. The largest absolute Gasteiger partial charge is 0.339 e. The molecule has 106 valence electrons. The summed E-state index contributed by atoms with van der Waals surface area (Å²) < 4.78 is 0.922. The maximum Gasteiger partial charge on any atom is 0.253 e. The lowest BCUT2D eigenvalue weighted by atomic mass is 10.0. The minimum absolute atomic E-state index is 0. The average Bonchev–Trinajstić information content (AvgIpc) is 2.41. The summed E-state index contributed by atoms with van der Waals surface area (Å²) in [5, 5.41) is 3.96. The van der Waals surface area contributed by atoms with E-state index in [1.165, 1.54) is 0 Å². The summed E-state index contributed by atoms with van der Waals surface area (Å²) in [7, 11) is 1.98. The van der Waals surface area contributed by atoms with Gasteiger partial charge in [0, 0.05) is 28.3 Å². The van der Waals surface area contributed by atoms with Gasteiger partial charge in [0.25, 0.3) is 5.91 Å². The predicted molar refractivity (Wildman–Crippen MR) is 89.4 cm³/mol. The number of nitrogens with one attached hydrogen (secondary N) is 1. The van der Waals surface area contributed by atoms with E-state index in [0.29, 0.717) is 11.1 Å². The Balaban J connectivity index is 0.00000180. The van der Waals surface area contributed by atoms with Gasteiger partial charge in [0.15, 0.2) is 0 Å². The molecule has 0 unspecified atom stereocenters. The van der Waals surface area contributed by atoms with E-state index in [0.717, 1.165) is 35.1 Å². The van der Waals surface area contributed by atoms with Gasteiger partial charge in [-0.2, -0.15) is 0 Å². The van der Waals surface area contributed by atoms with E-state index >= 15 is 0 Å². The lowest BCUT2D eigenvalue weighted by molar-refractivity contribution is 0.0707. The highest BCUT2D eigenvalue weighted by Crippen LogP contribution is 2.21. The van der Waals surface area contributed by atoms with Crippen LogP contribution in [0, 0.1) is 3.57 Å². The first-order valence-electron chi connectivity index (χ1n) is 6.03. The fourth-order valence-electron chi connectivity index (χ4n) is 2.18. The number of piperidine rings is 1. The Morgan fingerprint density at radius 1 is 1.42 bits per heavy atom. The highest BCUT2D eigenvalue weighted by Gasteiger charge is 2.22. The number of hydrogen-bond acceptors (Lipinski definition) is 2. The van der Waals surface area contributed by atoms with Gasteiger partial charge < -0.3 is 10.2 Å². The summed E-state index contributed by atoms with van der Waals surface area (Å²) in [5.41, 5.74) is 0.728. The molecule has 0 saturated carbocycles. The first kappa shape index (κ1) is 17.0. The lowest BCUT2D eigenvalue weighted by Crippen LogP contribution is -2.43. The van der Waals surface area contributed by atoms with Crippen molar-refractivity contribution in [3.63, 3.8) is 0 Å². The Labute approximate surface area is 138 Å². The van der Waals surface area contributed by atoms with Crippen LogP contribution in [0.3, 0.4) is 0 Å². The van der Waals surface area contributed by atoms with Gasteiger partial charge in [-0.25, -0.2) is 0 Å². The minimum atomic E-state index is 0. The Kier molecular flexibility index (Phi) is 6.86. The predicted octanol–water partition coefficient (Wildman–Crippen LogP) is 3.19. The van der Waals surface area contributed by atoms with Crippen LogP contribution in [0.2, 0.25) is 5.02 Å². The zero-order valence-electron chi connectivity index (χ0n) is 10.7. The molecule has 2 rings (SSSR count). The molecule has 6 heteroatoms. The Bertz CT molecular complexity index is 448. The number of rotatable bonds is 2. The number of likely N-dealkylation sites (tertiary alicyclic amines) is 1. The number of benzene rings is 1. The zero-order chi connectivity index (χ0) is 13.1. The molecule has 1 amide bonds. The number of nitrogens with zero attached hydrogens (tertiary/aromatic N) is 1. The molecule has 0 radical (unpaired) electrons. The fourth-order valence-corrected chi connectivity index (χ4v) is 2.82. The van der Waals surface area contributed by atoms with E-state index in [-0.39, 0.29) is 18.3 Å². The van der Waals surface area contributed by atoms with Gasteiger partial charge in [0.1, 0.15) is 0 Å². The fraction of sp³-hybridized carbons (Fsp3) is 0.462. The van der Waals surface area contributed by atoms with Crippen molar-refractivity contribution in [3.05, 3.63) is 32.4 Å². The van der Waals surface area contributed by atoms with Crippen molar-refractivity contribution >= 4 is 52.5 Å².